The van der Waals surface area contributed by atoms with Crippen LogP contribution in [0.2, 0.25) is 0 Å². The lowest BCUT2D eigenvalue weighted by Gasteiger charge is -2.14. The summed E-state index contributed by atoms with van der Waals surface area (Å²) in [6.07, 6.45) is -0.446. The highest BCUT2D eigenvalue weighted by Gasteiger charge is 2.08. The second kappa shape index (κ2) is 8.27. The van der Waals surface area contributed by atoms with Crippen molar-refractivity contribution >= 4 is 11.8 Å². The van der Waals surface area contributed by atoms with Crippen molar-refractivity contribution < 1.29 is 14.6 Å². The van der Waals surface area contributed by atoms with E-state index in [0.717, 1.165) is 5.75 Å². The molecule has 0 spiro atoms. The van der Waals surface area contributed by atoms with E-state index in [9.17, 15) is 5.11 Å². The van der Waals surface area contributed by atoms with Gasteiger partial charge >= 0.3 is 0 Å². The van der Waals surface area contributed by atoms with Crippen molar-refractivity contribution in [2.45, 2.75) is 20.0 Å². The molecule has 0 aliphatic heterocycles. The van der Waals surface area contributed by atoms with Crippen molar-refractivity contribution in [1.29, 1.82) is 0 Å². The number of hydrogen-bond donors (Lipinski definition) is 1. The fraction of sp³-hybridized carbons (Fsp3) is 0.571. The van der Waals surface area contributed by atoms with Gasteiger partial charge in [-0.05, 0) is 23.8 Å². The number of methoxy groups -OCH3 is 1. The van der Waals surface area contributed by atoms with Crippen LogP contribution in [0.3, 0.4) is 0 Å². The smallest absolute Gasteiger partial charge is 0.161 e. The number of thioether (sulfide) groups is 1. The van der Waals surface area contributed by atoms with Gasteiger partial charge < -0.3 is 14.6 Å². The van der Waals surface area contributed by atoms with Crippen molar-refractivity contribution in [3.05, 3.63) is 24.3 Å². The predicted molar refractivity (Wildman–Crippen MR) is 76.7 cm³/mol. The van der Waals surface area contributed by atoms with Crippen molar-refractivity contribution in [2.75, 3.05) is 25.2 Å². The van der Waals surface area contributed by atoms with Crippen LogP contribution in [-0.4, -0.2) is 36.4 Å². The molecule has 1 N–H and O–H groups in total. The summed E-state index contributed by atoms with van der Waals surface area (Å²) in [5.74, 6) is 3.78. The maximum atomic E-state index is 9.80. The average molecular weight is 270 g/mol. The summed E-state index contributed by atoms with van der Waals surface area (Å²) in [4.78, 5) is 0. The largest absolute Gasteiger partial charge is 0.493 e. The van der Waals surface area contributed by atoms with E-state index in [0.29, 0.717) is 29.8 Å². The van der Waals surface area contributed by atoms with Crippen molar-refractivity contribution in [3.63, 3.8) is 0 Å². The molecule has 0 heterocycles. The minimum atomic E-state index is -0.446. The Hall–Kier alpha value is -0.870. The monoisotopic (exact) mass is 270 g/mol. The lowest BCUT2D eigenvalue weighted by molar-refractivity contribution is 0.124. The molecule has 0 radical (unpaired) electrons. The zero-order chi connectivity index (χ0) is 13.4. The molecule has 102 valence electrons. The minimum absolute atomic E-state index is 0.297. The summed E-state index contributed by atoms with van der Waals surface area (Å²) in [5.41, 5.74) is 0. The third kappa shape index (κ3) is 5.65. The fourth-order valence-electron chi connectivity index (χ4n) is 1.41. The molecular formula is C14H22O3S. The number of rotatable bonds is 8. The van der Waals surface area contributed by atoms with Crippen LogP contribution in [0.4, 0.5) is 0 Å². The van der Waals surface area contributed by atoms with Crippen LogP contribution in [0, 0.1) is 5.92 Å². The van der Waals surface area contributed by atoms with Gasteiger partial charge in [-0.1, -0.05) is 26.0 Å². The van der Waals surface area contributed by atoms with Gasteiger partial charge in [0.25, 0.3) is 0 Å². The molecule has 0 fully saturated rings. The fourth-order valence-corrected chi connectivity index (χ4v) is 2.39. The van der Waals surface area contributed by atoms with Crippen LogP contribution in [0.5, 0.6) is 11.5 Å². The highest BCUT2D eigenvalue weighted by Crippen LogP contribution is 2.25. The molecule has 0 saturated carbocycles. The van der Waals surface area contributed by atoms with E-state index in [4.69, 9.17) is 9.47 Å². The summed E-state index contributed by atoms with van der Waals surface area (Å²) in [6, 6.07) is 7.46. The standard InChI is InChI=1S/C14H22O3S/c1-11(2)9-18-10-12(15)8-17-14-7-5-4-6-13(14)16-3/h4-7,11-12,15H,8-10H2,1-3H3. The number of para-hydroxylation sites is 2. The van der Waals surface area contributed by atoms with E-state index >= 15 is 0 Å². The maximum absolute atomic E-state index is 9.80. The van der Waals surface area contributed by atoms with Crippen LogP contribution in [0.1, 0.15) is 13.8 Å². The van der Waals surface area contributed by atoms with Crippen molar-refractivity contribution in [2.24, 2.45) is 5.92 Å². The van der Waals surface area contributed by atoms with E-state index in [1.54, 1.807) is 18.9 Å². The van der Waals surface area contributed by atoms with Gasteiger partial charge in [-0.15, -0.1) is 0 Å². The van der Waals surface area contributed by atoms with Gasteiger partial charge in [0.1, 0.15) is 6.61 Å². The molecular weight excluding hydrogens is 248 g/mol. The quantitative estimate of drug-likeness (QED) is 0.788. The molecule has 1 rings (SSSR count). The first kappa shape index (κ1) is 15.2. The third-order valence-electron chi connectivity index (χ3n) is 2.26. The minimum Gasteiger partial charge on any atom is -0.493 e. The average Bonchev–Trinajstić information content (AvgIpc) is 2.36. The first-order chi connectivity index (χ1) is 8.63. The molecule has 0 aliphatic rings. The third-order valence-corrected chi connectivity index (χ3v) is 3.78. The van der Waals surface area contributed by atoms with E-state index in [1.807, 2.05) is 24.3 Å². The number of aliphatic hydroxyl groups excluding tert-OH is 1. The van der Waals surface area contributed by atoms with Gasteiger partial charge in [-0.25, -0.2) is 0 Å². The first-order valence-electron chi connectivity index (χ1n) is 6.15. The van der Waals surface area contributed by atoms with Crippen LogP contribution in [0.15, 0.2) is 24.3 Å². The van der Waals surface area contributed by atoms with Gasteiger partial charge in [0.15, 0.2) is 11.5 Å². The zero-order valence-corrected chi connectivity index (χ0v) is 12.1. The van der Waals surface area contributed by atoms with Crippen molar-refractivity contribution in [3.8, 4) is 11.5 Å². The highest BCUT2D eigenvalue weighted by molar-refractivity contribution is 7.99. The van der Waals surface area contributed by atoms with Crippen LogP contribution in [-0.2, 0) is 0 Å². The number of hydrogen-bond acceptors (Lipinski definition) is 4. The van der Waals surface area contributed by atoms with Gasteiger partial charge in [0.2, 0.25) is 0 Å². The molecule has 4 heteroatoms. The lowest BCUT2D eigenvalue weighted by Crippen LogP contribution is -2.20. The molecule has 1 atom stereocenters. The van der Waals surface area contributed by atoms with Crippen molar-refractivity contribution in [1.82, 2.24) is 0 Å². The Bertz CT molecular complexity index is 342. The topological polar surface area (TPSA) is 38.7 Å². The Balaban J connectivity index is 2.31. The molecule has 1 unspecified atom stereocenters. The number of benzene rings is 1. The molecule has 0 saturated heterocycles. The van der Waals surface area contributed by atoms with Crippen LogP contribution < -0.4 is 9.47 Å². The predicted octanol–water partition coefficient (Wildman–Crippen LogP) is 2.82. The van der Waals surface area contributed by atoms with Gasteiger partial charge in [0.05, 0.1) is 13.2 Å². The van der Waals surface area contributed by atoms with E-state index in [1.165, 1.54) is 0 Å². The van der Waals surface area contributed by atoms with Crippen LogP contribution in [0.25, 0.3) is 0 Å². The Kier molecular flexibility index (Phi) is 6.98. The molecule has 1 aromatic carbocycles. The molecule has 18 heavy (non-hydrogen) atoms. The molecule has 1 aromatic rings. The number of aliphatic hydroxyl groups is 1. The van der Waals surface area contributed by atoms with E-state index < -0.39 is 6.10 Å². The second-order valence-corrected chi connectivity index (χ2v) is 5.62. The number of ether oxygens (including phenoxy) is 2. The first-order valence-corrected chi connectivity index (χ1v) is 7.30. The van der Waals surface area contributed by atoms with E-state index in [2.05, 4.69) is 13.8 Å². The summed E-state index contributed by atoms with van der Waals surface area (Å²) in [7, 11) is 1.61. The van der Waals surface area contributed by atoms with Gasteiger partial charge in [-0.3, -0.25) is 0 Å². The molecule has 0 aliphatic carbocycles. The summed E-state index contributed by atoms with van der Waals surface area (Å²) < 4.78 is 10.7. The Morgan fingerprint density at radius 2 is 1.83 bits per heavy atom. The summed E-state index contributed by atoms with van der Waals surface area (Å²) >= 11 is 1.75. The Morgan fingerprint density at radius 3 is 2.44 bits per heavy atom. The van der Waals surface area contributed by atoms with Crippen LogP contribution >= 0.6 is 11.8 Å². The lowest BCUT2D eigenvalue weighted by atomic mass is 10.3. The SMILES string of the molecule is COc1ccccc1OCC(O)CSCC(C)C. The van der Waals surface area contributed by atoms with Gasteiger partial charge in [0, 0.05) is 5.75 Å². The Labute approximate surface area is 113 Å². The molecule has 0 amide bonds. The molecule has 0 aromatic heterocycles. The Morgan fingerprint density at radius 1 is 1.17 bits per heavy atom. The zero-order valence-electron chi connectivity index (χ0n) is 11.3. The summed E-state index contributed by atoms with van der Waals surface area (Å²) in [5, 5.41) is 9.80. The molecule has 3 nitrogen and oxygen atoms in total. The second-order valence-electron chi connectivity index (χ2n) is 4.55. The highest BCUT2D eigenvalue weighted by atomic mass is 32.2. The van der Waals surface area contributed by atoms with E-state index in [-0.39, 0.29) is 0 Å². The normalized spacial score (nSPS) is 12.5. The van der Waals surface area contributed by atoms with Gasteiger partial charge in [-0.2, -0.15) is 11.8 Å². The maximum Gasteiger partial charge on any atom is 0.161 e. The molecule has 0 bridgehead atoms. The summed E-state index contributed by atoms with van der Waals surface area (Å²) in [6.45, 7) is 4.64.